The van der Waals surface area contributed by atoms with Crippen molar-refractivity contribution in [2.75, 3.05) is 0 Å². The molecule has 15 heavy (non-hydrogen) atoms. The molecule has 1 aromatic rings. The first-order valence-corrected chi connectivity index (χ1v) is 5.26. The van der Waals surface area contributed by atoms with E-state index in [9.17, 15) is 4.39 Å². The van der Waals surface area contributed by atoms with Gasteiger partial charge in [0, 0.05) is 10.5 Å². The summed E-state index contributed by atoms with van der Waals surface area (Å²) in [6.45, 7) is 3.64. The molecule has 0 heterocycles. The predicted molar refractivity (Wildman–Crippen MR) is 67.7 cm³/mol. The lowest BCUT2D eigenvalue weighted by Gasteiger charge is -2.12. The van der Waals surface area contributed by atoms with Gasteiger partial charge in [-0.25, -0.2) is 4.39 Å². The summed E-state index contributed by atoms with van der Waals surface area (Å²) < 4.78 is 13.5. The molecule has 0 amide bonds. The Morgan fingerprint density at radius 3 is 2.73 bits per heavy atom. The molecule has 0 fully saturated rings. The maximum Gasteiger partial charge on any atom is 0.124 e. The molecule has 1 atom stereocenters. The Labute approximate surface area is 104 Å². The van der Waals surface area contributed by atoms with E-state index in [4.69, 9.17) is 5.73 Å². The lowest BCUT2D eigenvalue weighted by Crippen LogP contribution is -2.10. The number of nitrogens with two attached hydrogens (primary N) is 1. The zero-order chi connectivity index (χ0) is 10.6. The second-order valence-corrected chi connectivity index (χ2v) is 3.99. The van der Waals surface area contributed by atoms with Gasteiger partial charge in [0.1, 0.15) is 5.82 Å². The second kappa shape index (κ2) is 6.99. The molecule has 1 nitrogen and oxygen atoms in total. The van der Waals surface area contributed by atoms with Crippen molar-refractivity contribution in [1.82, 2.24) is 0 Å². The lowest BCUT2D eigenvalue weighted by molar-refractivity contribution is 0.618. The van der Waals surface area contributed by atoms with Crippen LogP contribution in [0.2, 0.25) is 0 Å². The van der Waals surface area contributed by atoms with Crippen LogP contribution in [-0.2, 0) is 0 Å². The molecule has 0 unspecified atom stereocenters. The Morgan fingerprint density at radius 1 is 1.53 bits per heavy atom. The molecule has 84 valence electrons. The number of benzene rings is 1. The number of allylic oxidation sites excluding steroid dienone is 1. The minimum atomic E-state index is -0.253. The van der Waals surface area contributed by atoms with Gasteiger partial charge in [0.25, 0.3) is 0 Å². The van der Waals surface area contributed by atoms with E-state index in [1.54, 1.807) is 6.07 Å². The third-order valence-corrected chi connectivity index (χ3v) is 2.73. The first kappa shape index (κ1) is 14.6. The summed E-state index contributed by atoms with van der Waals surface area (Å²) in [5.41, 5.74) is 6.87. The van der Waals surface area contributed by atoms with Gasteiger partial charge in [-0.2, -0.15) is 0 Å². The Balaban J connectivity index is 0.00000196. The monoisotopic (exact) mass is 293 g/mol. The summed E-state index contributed by atoms with van der Waals surface area (Å²) in [7, 11) is 0. The van der Waals surface area contributed by atoms with Crippen LogP contribution in [0.3, 0.4) is 0 Å². The van der Waals surface area contributed by atoms with Crippen LogP contribution < -0.4 is 5.73 Å². The molecule has 2 N–H and O–H groups in total. The minimum absolute atomic E-state index is 0. The molecular weight excluding hydrogens is 280 g/mol. The predicted octanol–water partition coefficient (Wildman–Crippen LogP) is 3.98. The van der Waals surface area contributed by atoms with Crippen LogP contribution >= 0.6 is 28.3 Å². The normalized spacial score (nSPS) is 11.7. The molecule has 0 aliphatic rings. The highest BCUT2D eigenvalue weighted by molar-refractivity contribution is 9.10. The van der Waals surface area contributed by atoms with Gasteiger partial charge in [-0.05, 0) is 30.5 Å². The fourth-order valence-electron chi connectivity index (χ4n) is 1.26. The van der Waals surface area contributed by atoms with Crippen LogP contribution in [0, 0.1) is 5.82 Å². The van der Waals surface area contributed by atoms with Crippen molar-refractivity contribution < 1.29 is 4.39 Å². The van der Waals surface area contributed by atoms with Gasteiger partial charge in [0.15, 0.2) is 0 Å². The van der Waals surface area contributed by atoms with Crippen molar-refractivity contribution in [3.63, 3.8) is 0 Å². The van der Waals surface area contributed by atoms with Crippen molar-refractivity contribution in [3.05, 3.63) is 46.7 Å². The summed E-state index contributed by atoms with van der Waals surface area (Å²) >= 11 is 3.29. The Morgan fingerprint density at radius 2 is 2.20 bits per heavy atom. The van der Waals surface area contributed by atoms with Gasteiger partial charge in [-0.1, -0.05) is 28.1 Å². The topological polar surface area (TPSA) is 26.0 Å². The fraction of sp³-hybridized carbons (Fsp3) is 0.273. The quantitative estimate of drug-likeness (QED) is 0.835. The average Bonchev–Trinajstić information content (AvgIpc) is 2.14. The van der Waals surface area contributed by atoms with E-state index in [-0.39, 0.29) is 24.3 Å². The van der Waals surface area contributed by atoms with E-state index in [1.807, 2.05) is 6.08 Å². The van der Waals surface area contributed by atoms with E-state index < -0.39 is 0 Å². The van der Waals surface area contributed by atoms with Crippen LogP contribution in [-0.4, -0.2) is 0 Å². The van der Waals surface area contributed by atoms with Crippen LogP contribution in [0.5, 0.6) is 0 Å². The highest BCUT2D eigenvalue weighted by Gasteiger charge is 2.09. The van der Waals surface area contributed by atoms with Gasteiger partial charge in [0.2, 0.25) is 0 Å². The largest absolute Gasteiger partial charge is 0.324 e. The summed E-state index contributed by atoms with van der Waals surface area (Å²) in [6, 6.07) is 4.51. The van der Waals surface area contributed by atoms with E-state index in [0.29, 0.717) is 0 Å². The van der Waals surface area contributed by atoms with Gasteiger partial charge < -0.3 is 5.73 Å². The van der Waals surface area contributed by atoms with Gasteiger partial charge in [-0.15, -0.1) is 19.0 Å². The maximum atomic E-state index is 12.8. The van der Waals surface area contributed by atoms with E-state index >= 15 is 0 Å². The molecule has 0 aromatic heterocycles. The number of halogens is 3. The van der Waals surface area contributed by atoms with Crippen molar-refractivity contribution in [2.45, 2.75) is 18.9 Å². The highest BCUT2D eigenvalue weighted by atomic mass is 79.9. The lowest BCUT2D eigenvalue weighted by atomic mass is 10.0. The van der Waals surface area contributed by atoms with E-state index in [0.717, 1.165) is 22.9 Å². The summed E-state index contributed by atoms with van der Waals surface area (Å²) in [6.07, 6.45) is 3.52. The van der Waals surface area contributed by atoms with Gasteiger partial charge in [0.05, 0.1) is 0 Å². The zero-order valence-corrected chi connectivity index (χ0v) is 10.7. The Bertz CT molecular complexity index is 330. The SMILES string of the molecule is C=CCC[C@@H](N)c1ccc(F)cc1Br.Cl. The first-order valence-electron chi connectivity index (χ1n) is 4.46. The van der Waals surface area contributed by atoms with Crippen molar-refractivity contribution >= 4 is 28.3 Å². The van der Waals surface area contributed by atoms with E-state index in [1.165, 1.54) is 12.1 Å². The molecule has 4 heteroatoms. The molecule has 0 saturated heterocycles. The molecule has 1 rings (SSSR count). The third-order valence-electron chi connectivity index (χ3n) is 2.04. The number of hydrogen-bond acceptors (Lipinski definition) is 1. The molecule has 0 saturated carbocycles. The average molecular weight is 295 g/mol. The summed E-state index contributed by atoms with van der Waals surface area (Å²) in [4.78, 5) is 0. The first-order chi connectivity index (χ1) is 6.65. The summed E-state index contributed by atoms with van der Waals surface area (Å²) in [5.74, 6) is -0.253. The van der Waals surface area contributed by atoms with Crippen LogP contribution in [0.15, 0.2) is 35.3 Å². The Hall–Kier alpha value is -0.380. The molecule has 0 aliphatic carbocycles. The van der Waals surface area contributed by atoms with Gasteiger partial charge in [-0.3, -0.25) is 0 Å². The molecule has 0 spiro atoms. The Kier molecular flexibility index (Phi) is 6.81. The van der Waals surface area contributed by atoms with E-state index in [2.05, 4.69) is 22.5 Å². The highest BCUT2D eigenvalue weighted by Crippen LogP contribution is 2.25. The molecule has 0 aliphatic heterocycles. The maximum absolute atomic E-state index is 12.8. The standard InChI is InChI=1S/C11H13BrFN.ClH/c1-2-3-4-11(14)9-6-5-8(13)7-10(9)12;/h2,5-7,11H,1,3-4,14H2;1H/t11-;/m1./s1. The van der Waals surface area contributed by atoms with Crippen molar-refractivity contribution in [2.24, 2.45) is 5.73 Å². The van der Waals surface area contributed by atoms with Gasteiger partial charge >= 0.3 is 0 Å². The molecule has 0 radical (unpaired) electrons. The smallest absolute Gasteiger partial charge is 0.124 e. The molecular formula is C11H14BrClFN. The zero-order valence-electron chi connectivity index (χ0n) is 8.25. The summed E-state index contributed by atoms with van der Waals surface area (Å²) in [5, 5.41) is 0. The molecule has 0 bridgehead atoms. The van der Waals surface area contributed by atoms with Crippen molar-refractivity contribution in [1.29, 1.82) is 0 Å². The van der Waals surface area contributed by atoms with Crippen molar-refractivity contribution in [3.8, 4) is 0 Å². The minimum Gasteiger partial charge on any atom is -0.324 e. The fourth-order valence-corrected chi connectivity index (χ4v) is 1.90. The van der Waals surface area contributed by atoms with Crippen LogP contribution in [0.4, 0.5) is 4.39 Å². The van der Waals surface area contributed by atoms with Crippen LogP contribution in [0.25, 0.3) is 0 Å². The molecule has 1 aromatic carbocycles. The number of hydrogen-bond donors (Lipinski definition) is 1. The second-order valence-electron chi connectivity index (χ2n) is 3.14. The van der Waals surface area contributed by atoms with Crippen LogP contribution in [0.1, 0.15) is 24.4 Å². The number of rotatable bonds is 4. The third kappa shape index (κ3) is 4.33.